The Morgan fingerprint density at radius 1 is 1.00 bits per heavy atom. The van der Waals surface area contributed by atoms with Crippen LogP contribution in [0.25, 0.3) is 0 Å². The molecule has 0 fully saturated rings. The molecule has 0 saturated carbocycles. The number of nitrogens with one attached hydrogen (secondary N) is 1. The first-order valence-corrected chi connectivity index (χ1v) is 9.49. The predicted molar refractivity (Wildman–Crippen MR) is 109 cm³/mol. The molecular weight excluding hydrogens is 398 g/mol. The number of carbonyl (C=O) groups is 2. The number of amides is 1. The number of hydrogen-bond acceptors (Lipinski definition) is 5. The molecule has 0 aliphatic rings. The summed E-state index contributed by atoms with van der Waals surface area (Å²) in [6.45, 7) is -0.436. The van der Waals surface area contributed by atoms with E-state index < -0.39 is 18.5 Å². The minimum atomic E-state index is -0.685. The van der Waals surface area contributed by atoms with Gasteiger partial charge in [-0.25, -0.2) is 4.79 Å². The first kappa shape index (κ1) is 19.8. The number of phenolic OH excluding ortho intramolecular Hbond substituents is 1. The molecule has 0 unspecified atom stereocenters. The van der Waals surface area contributed by atoms with Gasteiger partial charge in [-0.15, -0.1) is 0 Å². The highest BCUT2D eigenvalue weighted by atomic mass is 35.5. The molecule has 0 atom stereocenters. The molecule has 2 N–H and O–H groups in total. The van der Waals surface area contributed by atoms with Gasteiger partial charge >= 0.3 is 5.97 Å². The first-order chi connectivity index (χ1) is 13.5. The fraction of sp³-hybridized carbons (Fsp3) is 0.0476. The van der Waals surface area contributed by atoms with Crippen LogP contribution in [0.3, 0.4) is 0 Å². The smallest absolute Gasteiger partial charge is 0.338 e. The summed E-state index contributed by atoms with van der Waals surface area (Å²) in [5.74, 6) is -1.19. The SMILES string of the molecule is O=C(COC(=O)c1cccc(O)c1)Nc1ccccc1Sc1ccc(Cl)cc1. The zero-order chi connectivity index (χ0) is 19.9. The van der Waals surface area contributed by atoms with Crippen LogP contribution in [0.4, 0.5) is 5.69 Å². The van der Waals surface area contributed by atoms with E-state index in [-0.39, 0.29) is 11.3 Å². The average molecular weight is 414 g/mol. The van der Waals surface area contributed by atoms with Crippen LogP contribution in [0.15, 0.2) is 82.6 Å². The molecule has 0 radical (unpaired) electrons. The van der Waals surface area contributed by atoms with Gasteiger partial charge in [-0.05, 0) is 54.6 Å². The summed E-state index contributed by atoms with van der Waals surface area (Å²) in [6.07, 6.45) is 0. The van der Waals surface area contributed by atoms with Gasteiger partial charge in [-0.2, -0.15) is 0 Å². The number of hydrogen-bond donors (Lipinski definition) is 2. The van der Waals surface area contributed by atoms with Crippen LogP contribution in [0, 0.1) is 0 Å². The van der Waals surface area contributed by atoms with Crippen molar-refractivity contribution in [1.82, 2.24) is 0 Å². The Labute approximate surface area is 171 Å². The topological polar surface area (TPSA) is 75.6 Å². The summed E-state index contributed by atoms with van der Waals surface area (Å²) < 4.78 is 5.00. The van der Waals surface area contributed by atoms with Gasteiger partial charge in [-0.1, -0.05) is 41.6 Å². The normalized spacial score (nSPS) is 10.3. The second-order valence-electron chi connectivity index (χ2n) is 5.73. The number of halogens is 1. The number of para-hydroxylation sites is 1. The number of rotatable bonds is 6. The van der Waals surface area contributed by atoms with Crippen molar-refractivity contribution in [2.24, 2.45) is 0 Å². The minimum Gasteiger partial charge on any atom is -0.508 e. The molecule has 0 aromatic heterocycles. The van der Waals surface area contributed by atoms with Gasteiger partial charge in [0.05, 0.1) is 11.3 Å². The maximum absolute atomic E-state index is 12.2. The molecule has 3 aromatic carbocycles. The molecule has 1 amide bonds. The molecule has 0 aliphatic carbocycles. The van der Waals surface area contributed by atoms with Crippen molar-refractivity contribution in [2.75, 3.05) is 11.9 Å². The molecule has 7 heteroatoms. The van der Waals surface area contributed by atoms with Crippen molar-refractivity contribution < 1.29 is 19.4 Å². The van der Waals surface area contributed by atoms with Gasteiger partial charge in [0.2, 0.25) is 0 Å². The second-order valence-corrected chi connectivity index (χ2v) is 7.28. The van der Waals surface area contributed by atoms with Gasteiger partial charge in [0.1, 0.15) is 5.75 Å². The molecule has 0 saturated heterocycles. The molecule has 0 spiro atoms. The highest BCUT2D eigenvalue weighted by Crippen LogP contribution is 2.33. The fourth-order valence-corrected chi connectivity index (χ4v) is 3.35. The lowest BCUT2D eigenvalue weighted by Crippen LogP contribution is -2.21. The van der Waals surface area contributed by atoms with Crippen LogP contribution in [0.1, 0.15) is 10.4 Å². The van der Waals surface area contributed by atoms with E-state index in [0.29, 0.717) is 10.7 Å². The average Bonchev–Trinajstić information content (AvgIpc) is 2.69. The van der Waals surface area contributed by atoms with Gasteiger partial charge in [0.15, 0.2) is 6.61 Å². The molecule has 0 heterocycles. The molecule has 3 rings (SSSR count). The van der Waals surface area contributed by atoms with E-state index in [1.165, 1.54) is 36.0 Å². The molecule has 0 aliphatic heterocycles. The Bertz CT molecular complexity index is 992. The number of carbonyl (C=O) groups excluding carboxylic acids is 2. The quantitative estimate of drug-likeness (QED) is 0.556. The Hall–Kier alpha value is -2.96. The lowest BCUT2D eigenvalue weighted by Gasteiger charge is -2.11. The number of ether oxygens (including phenoxy) is 1. The summed E-state index contributed by atoms with van der Waals surface area (Å²) >= 11 is 7.39. The third kappa shape index (κ3) is 5.52. The third-order valence-corrected chi connectivity index (χ3v) is 4.95. The molecule has 142 valence electrons. The standard InChI is InChI=1S/C21H16ClNO4S/c22-15-8-10-17(11-9-15)28-19-7-2-1-6-18(19)23-20(25)13-27-21(26)14-4-3-5-16(24)12-14/h1-12,24H,13H2,(H,23,25). The van der Waals surface area contributed by atoms with E-state index >= 15 is 0 Å². The number of esters is 1. The third-order valence-electron chi connectivity index (χ3n) is 3.62. The van der Waals surface area contributed by atoms with Crippen LogP contribution >= 0.6 is 23.4 Å². The maximum Gasteiger partial charge on any atom is 0.338 e. The molecule has 5 nitrogen and oxygen atoms in total. The van der Waals surface area contributed by atoms with Crippen molar-refractivity contribution in [2.45, 2.75) is 9.79 Å². The number of phenols is 1. The predicted octanol–water partition coefficient (Wildman–Crippen LogP) is 4.99. The van der Waals surface area contributed by atoms with E-state index in [2.05, 4.69) is 5.32 Å². The highest BCUT2D eigenvalue weighted by molar-refractivity contribution is 7.99. The van der Waals surface area contributed by atoms with E-state index in [0.717, 1.165) is 9.79 Å². The number of benzene rings is 3. The number of anilines is 1. The van der Waals surface area contributed by atoms with E-state index in [1.807, 2.05) is 24.3 Å². The molecule has 3 aromatic rings. The summed E-state index contributed by atoms with van der Waals surface area (Å²) in [6, 6.07) is 20.4. The lowest BCUT2D eigenvalue weighted by molar-refractivity contribution is -0.119. The summed E-state index contributed by atoms with van der Waals surface area (Å²) in [7, 11) is 0. The van der Waals surface area contributed by atoms with Crippen molar-refractivity contribution in [3.05, 3.63) is 83.4 Å². The summed E-state index contributed by atoms with van der Waals surface area (Å²) in [4.78, 5) is 26.0. The second kappa shape index (κ2) is 9.30. The Morgan fingerprint density at radius 2 is 1.75 bits per heavy atom. The maximum atomic E-state index is 12.2. The van der Waals surface area contributed by atoms with Crippen molar-refractivity contribution in [3.63, 3.8) is 0 Å². The van der Waals surface area contributed by atoms with Gasteiger partial charge in [-0.3, -0.25) is 4.79 Å². The van der Waals surface area contributed by atoms with Crippen molar-refractivity contribution in [1.29, 1.82) is 0 Å². The molecule has 0 bridgehead atoms. The zero-order valence-electron chi connectivity index (χ0n) is 14.6. The Balaban J connectivity index is 1.61. The van der Waals surface area contributed by atoms with Crippen LogP contribution in [-0.2, 0) is 9.53 Å². The first-order valence-electron chi connectivity index (χ1n) is 8.30. The van der Waals surface area contributed by atoms with Crippen molar-refractivity contribution in [3.8, 4) is 5.75 Å². The van der Waals surface area contributed by atoms with E-state index in [9.17, 15) is 14.7 Å². The van der Waals surface area contributed by atoms with Gasteiger partial charge in [0.25, 0.3) is 5.91 Å². The lowest BCUT2D eigenvalue weighted by atomic mass is 10.2. The van der Waals surface area contributed by atoms with Crippen LogP contribution in [-0.4, -0.2) is 23.6 Å². The largest absolute Gasteiger partial charge is 0.508 e. The molecule has 28 heavy (non-hydrogen) atoms. The molecular formula is C21H16ClNO4S. The van der Waals surface area contributed by atoms with Crippen LogP contribution < -0.4 is 5.32 Å². The van der Waals surface area contributed by atoms with Crippen LogP contribution in [0.2, 0.25) is 5.02 Å². The summed E-state index contributed by atoms with van der Waals surface area (Å²) in [5.41, 5.74) is 0.785. The number of aromatic hydroxyl groups is 1. The van der Waals surface area contributed by atoms with Gasteiger partial charge in [0, 0.05) is 14.8 Å². The van der Waals surface area contributed by atoms with Crippen LogP contribution in [0.5, 0.6) is 5.75 Å². The van der Waals surface area contributed by atoms with Gasteiger partial charge < -0.3 is 15.2 Å². The van der Waals surface area contributed by atoms with E-state index in [4.69, 9.17) is 16.3 Å². The summed E-state index contributed by atoms with van der Waals surface area (Å²) in [5, 5.41) is 12.8. The van der Waals surface area contributed by atoms with Crippen molar-refractivity contribution >= 4 is 40.9 Å². The Morgan fingerprint density at radius 3 is 2.50 bits per heavy atom. The minimum absolute atomic E-state index is 0.0490. The Kier molecular flexibility index (Phi) is 6.57. The van der Waals surface area contributed by atoms with E-state index in [1.54, 1.807) is 24.3 Å². The fourth-order valence-electron chi connectivity index (χ4n) is 2.32. The highest BCUT2D eigenvalue weighted by Gasteiger charge is 2.12. The monoisotopic (exact) mass is 413 g/mol. The zero-order valence-corrected chi connectivity index (χ0v) is 16.2.